The molecule has 2 heterocycles. The van der Waals surface area contributed by atoms with Crippen molar-refractivity contribution >= 4 is 23.7 Å². The molecular formula is C26H31N3O3. The van der Waals surface area contributed by atoms with Gasteiger partial charge in [0.25, 0.3) is 5.91 Å². The Labute approximate surface area is 189 Å². The van der Waals surface area contributed by atoms with Crippen LogP contribution in [-0.4, -0.2) is 47.1 Å². The number of Topliss-reactive ketones (excluding diaryl/α,β-unsaturated/α-hetero) is 1. The number of carbonyl (C=O) groups excluding carboxylic acids is 3. The maximum Gasteiger partial charge on any atom is 0.253 e. The van der Waals surface area contributed by atoms with E-state index in [1.54, 1.807) is 42.7 Å². The van der Waals surface area contributed by atoms with Gasteiger partial charge in [0.05, 0.1) is 0 Å². The minimum atomic E-state index is -0.0884. The third-order valence-electron chi connectivity index (χ3n) is 5.87. The smallest absolute Gasteiger partial charge is 0.253 e. The third kappa shape index (κ3) is 7.15. The van der Waals surface area contributed by atoms with Crippen LogP contribution in [0.3, 0.4) is 0 Å². The summed E-state index contributed by atoms with van der Waals surface area (Å²) in [6.07, 6.45) is 11.8. The molecule has 1 aromatic heterocycles. The first-order valence-electron chi connectivity index (χ1n) is 11.3. The predicted molar refractivity (Wildman–Crippen MR) is 125 cm³/mol. The van der Waals surface area contributed by atoms with Crippen LogP contribution in [0.5, 0.6) is 0 Å². The van der Waals surface area contributed by atoms with Crippen molar-refractivity contribution in [3.63, 3.8) is 0 Å². The van der Waals surface area contributed by atoms with Gasteiger partial charge in [-0.3, -0.25) is 19.4 Å². The number of likely N-dealkylation sites (tertiary alicyclic amines) is 1. The van der Waals surface area contributed by atoms with E-state index in [9.17, 15) is 14.4 Å². The normalized spacial score (nSPS) is 14.5. The van der Waals surface area contributed by atoms with Crippen LogP contribution < -0.4 is 5.32 Å². The Morgan fingerprint density at radius 3 is 2.59 bits per heavy atom. The standard InChI is InChI=1S/C26H31N3O3/c1-20(30)23-8-4-9-24(18-23)26(32)29-16-12-21(13-17-29)6-2-3-15-28-25(31)11-10-22-7-5-14-27-19-22/h4-5,7-11,14,18-19,21H,2-3,6,12-13,15-17H2,1H3,(H,28,31)/b11-10+. The van der Waals surface area contributed by atoms with Gasteiger partial charge in [-0.2, -0.15) is 0 Å². The molecule has 0 radical (unpaired) electrons. The van der Waals surface area contributed by atoms with Crippen LogP contribution in [0.15, 0.2) is 54.9 Å². The lowest BCUT2D eigenvalue weighted by molar-refractivity contribution is -0.116. The Bertz CT molecular complexity index is 948. The summed E-state index contributed by atoms with van der Waals surface area (Å²) in [4.78, 5) is 42.1. The number of pyridine rings is 1. The summed E-state index contributed by atoms with van der Waals surface area (Å²) in [6, 6.07) is 10.7. The van der Waals surface area contributed by atoms with Gasteiger partial charge in [-0.05, 0) is 61.9 Å². The number of unbranched alkanes of at least 4 members (excludes halogenated alkanes) is 1. The van der Waals surface area contributed by atoms with Crippen molar-refractivity contribution in [2.45, 2.75) is 39.0 Å². The van der Waals surface area contributed by atoms with E-state index >= 15 is 0 Å². The molecular weight excluding hydrogens is 402 g/mol. The molecule has 0 bridgehead atoms. The number of ketones is 1. The summed E-state index contributed by atoms with van der Waals surface area (Å²) >= 11 is 0. The van der Waals surface area contributed by atoms with Crippen LogP contribution in [0, 0.1) is 5.92 Å². The number of rotatable bonds is 9. The zero-order chi connectivity index (χ0) is 22.8. The number of hydrogen-bond acceptors (Lipinski definition) is 4. The highest BCUT2D eigenvalue weighted by molar-refractivity contribution is 5.99. The number of piperidine rings is 1. The van der Waals surface area contributed by atoms with E-state index in [1.165, 1.54) is 13.0 Å². The van der Waals surface area contributed by atoms with Crippen molar-refractivity contribution in [2.24, 2.45) is 5.92 Å². The molecule has 168 valence electrons. The number of amides is 2. The molecule has 6 nitrogen and oxygen atoms in total. The minimum Gasteiger partial charge on any atom is -0.353 e. The predicted octanol–water partition coefficient (Wildman–Crippen LogP) is 4.14. The molecule has 32 heavy (non-hydrogen) atoms. The largest absolute Gasteiger partial charge is 0.353 e. The number of benzene rings is 1. The number of nitrogens with one attached hydrogen (secondary N) is 1. The Hall–Kier alpha value is -3.28. The molecule has 2 amide bonds. The van der Waals surface area contributed by atoms with Gasteiger partial charge in [-0.1, -0.05) is 31.0 Å². The quantitative estimate of drug-likeness (QED) is 0.366. The minimum absolute atomic E-state index is 0.00796. The first-order valence-corrected chi connectivity index (χ1v) is 11.3. The Morgan fingerprint density at radius 2 is 1.88 bits per heavy atom. The molecule has 1 N–H and O–H groups in total. The van der Waals surface area contributed by atoms with E-state index in [1.807, 2.05) is 17.0 Å². The molecule has 0 spiro atoms. The zero-order valence-electron chi connectivity index (χ0n) is 18.6. The van der Waals surface area contributed by atoms with E-state index < -0.39 is 0 Å². The lowest BCUT2D eigenvalue weighted by Gasteiger charge is -2.32. The second-order valence-electron chi connectivity index (χ2n) is 8.28. The summed E-state index contributed by atoms with van der Waals surface area (Å²) in [7, 11) is 0. The van der Waals surface area contributed by atoms with Gasteiger partial charge in [-0.15, -0.1) is 0 Å². The second kappa shape index (κ2) is 11.9. The average Bonchev–Trinajstić information content (AvgIpc) is 2.83. The third-order valence-corrected chi connectivity index (χ3v) is 5.87. The van der Waals surface area contributed by atoms with Crippen molar-refractivity contribution in [3.8, 4) is 0 Å². The fraction of sp³-hybridized carbons (Fsp3) is 0.385. The molecule has 1 aliphatic rings. The average molecular weight is 434 g/mol. The number of nitrogens with zero attached hydrogens (tertiary/aromatic N) is 2. The van der Waals surface area contributed by atoms with Gasteiger partial charge in [-0.25, -0.2) is 0 Å². The molecule has 1 saturated heterocycles. The second-order valence-corrected chi connectivity index (χ2v) is 8.28. The van der Waals surface area contributed by atoms with Crippen LogP contribution in [0.2, 0.25) is 0 Å². The van der Waals surface area contributed by atoms with Gasteiger partial charge in [0, 0.05) is 49.2 Å². The topological polar surface area (TPSA) is 79.4 Å². The van der Waals surface area contributed by atoms with Gasteiger partial charge in [0.2, 0.25) is 5.91 Å². The summed E-state index contributed by atoms with van der Waals surface area (Å²) in [5.41, 5.74) is 2.06. The Morgan fingerprint density at radius 1 is 1.09 bits per heavy atom. The van der Waals surface area contributed by atoms with Gasteiger partial charge < -0.3 is 10.2 Å². The van der Waals surface area contributed by atoms with E-state index in [0.29, 0.717) is 23.6 Å². The molecule has 2 aromatic rings. The number of aromatic nitrogens is 1. The molecule has 0 saturated carbocycles. The van der Waals surface area contributed by atoms with Crippen molar-refractivity contribution in [3.05, 3.63) is 71.6 Å². The molecule has 6 heteroatoms. The fourth-order valence-electron chi connectivity index (χ4n) is 3.95. The Balaban J connectivity index is 1.31. The lowest BCUT2D eigenvalue weighted by Crippen LogP contribution is -2.38. The lowest BCUT2D eigenvalue weighted by atomic mass is 9.91. The molecule has 0 aliphatic carbocycles. The van der Waals surface area contributed by atoms with Crippen LogP contribution in [0.1, 0.15) is 65.3 Å². The van der Waals surface area contributed by atoms with Gasteiger partial charge in [0.1, 0.15) is 0 Å². The van der Waals surface area contributed by atoms with Crippen molar-refractivity contribution < 1.29 is 14.4 Å². The Kier molecular flexibility index (Phi) is 8.72. The first kappa shape index (κ1) is 23.4. The summed E-state index contributed by atoms with van der Waals surface area (Å²) < 4.78 is 0. The van der Waals surface area contributed by atoms with E-state index in [2.05, 4.69) is 10.3 Å². The monoisotopic (exact) mass is 433 g/mol. The van der Waals surface area contributed by atoms with Gasteiger partial charge >= 0.3 is 0 Å². The zero-order valence-corrected chi connectivity index (χ0v) is 18.6. The highest BCUT2D eigenvalue weighted by Gasteiger charge is 2.23. The molecule has 1 aliphatic heterocycles. The highest BCUT2D eigenvalue weighted by atomic mass is 16.2. The number of hydrogen-bond donors (Lipinski definition) is 1. The molecule has 0 unspecified atom stereocenters. The van der Waals surface area contributed by atoms with E-state index in [4.69, 9.17) is 0 Å². The molecule has 1 aromatic carbocycles. The molecule has 3 rings (SSSR count). The number of carbonyl (C=O) groups is 3. The molecule has 0 atom stereocenters. The van der Waals surface area contributed by atoms with E-state index in [-0.39, 0.29) is 17.6 Å². The maximum absolute atomic E-state index is 12.8. The van der Waals surface area contributed by atoms with Crippen LogP contribution >= 0.6 is 0 Å². The van der Waals surface area contributed by atoms with Gasteiger partial charge in [0.15, 0.2) is 5.78 Å². The summed E-state index contributed by atoms with van der Waals surface area (Å²) in [5.74, 6) is 0.506. The molecule has 1 fully saturated rings. The summed E-state index contributed by atoms with van der Waals surface area (Å²) in [6.45, 7) is 3.69. The van der Waals surface area contributed by atoms with Crippen molar-refractivity contribution in [1.82, 2.24) is 15.2 Å². The highest BCUT2D eigenvalue weighted by Crippen LogP contribution is 2.24. The van der Waals surface area contributed by atoms with Crippen LogP contribution in [0.25, 0.3) is 6.08 Å². The maximum atomic E-state index is 12.8. The van der Waals surface area contributed by atoms with Crippen LogP contribution in [-0.2, 0) is 4.79 Å². The van der Waals surface area contributed by atoms with E-state index in [0.717, 1.165) is 50.8 Å². The fourth-order valence-corrected chi connectivity index (χ4v) is 3.95. The van der Waals surface area contributed by atoms with Crippen molar-refractivity contribution in [1.29, 1.82) is 0 Å². The van der Waals surface area contributed by atoms with Crippen LogP contribution in [0.4, 0.5) is 0 Å². The first-order chi connectivity index (χ1) is 15.5. The SMILES string of the molecule is CC(=O)c1cccc(C(=O)N2CCC(CCCCNC(=O)/C=C/c3cccnc3)CC2)c1. The summed E-state index contributed by atoms with van der Waals surface area (Å²) in [5, 5.41) is 2.92. The van der Waals surface area contributed by atoms with Crippen molar-refractivity contribution in [2.75, 3.05) is 19.6 Å².